The van der Waals surface area contributed by atoms with Crippen LogP contribution in [0.1, 0.15) is 24.2 Å². The molecule has 5 rings (SSSR count). The molecule has 0 radical (unpaired) electrons. The standard InChI is InChI=1S/C26H26O9/c1-10-7-14-18(16(8-10)32-3)13-9-17(33-4)20-15(28)6-5-12(19(20)24(13)35-26(14)31)25-22(30)21(29)23(34-25)11(2)27/h5-9,11,21-23,25,27-30H,1-4H3. The van der Waals surface area contributed by atoms with Crippen LogP contribution in [0.2, 0.25) is 0 Å². The van der Waals surface area contributed by atoms with Crippen molar-refractivity contribution in [1.29, 1.82) is 0 Å². The van der Waals surface area contributed by atoms with Crippen molar-refractivity contribution >= 4 is 32.5 Å². The Kier molecular flexibility index (Phi) is 5.60. The summed E-state index contributed by atoms with van der Waals surface area (Å²) in [5.41, 5.74) is 0.694. The third-order valence-corrected chi connectivity index (χ3v) is 6.66. The highest BCUT2D eigenvalue weighted by molar-refractivity contribution is 6.19. The predicted octanol–water partition coefficient (Wildman–Crippen LogP) is 2.67. The van der Waals surface area contributed by atoms with Crippen LogP contribution in [0.15, 0.2) is 39.5 Å². The lowest BCUT2D eigenvalue weighted by Gasteiger charge is -2.20. The molecule has 1 aromatic heterocycles. The fraction of sp³-hybridized carbons (Fsp3) is 0.346. The van der Waals surface area contributed by atoms with Gasteiger partial charge in [-0.1, -0.05) is 6.07 Å². The number of benzene rings is 3. The minimum Gasteiger partial charge on any atom is -0.507 e. The van der Waals surface area contributed by atoms with Crippen molar-refractivity contribution in [2.24, 2.45) is 0 Å². The van der Waals surface area contributed by atoms with Crippen molar-refractivity contribution in [3.8, 4) is 17.2 Å². The zero-order chi connectivity index (χ0) is 25.2. The summed E-state index contributed by atoms with van der Waals surface area (Å²) in [6.07, 6.45) is -5.89. The lowest BCUT2D eigenvalue weighted by molar-refractivity contribution is -0.0586. The summed E-state index contributed by atoms with van der Waals surface area (Å²) in [6, 6.07) is 8.10. The number of aromatic hydroxyl groups is 1. The number of rotatable bonds is 4. The van der Waals surface area contributed by atoms with Gasteiger partial charge in [0.2, 0.25) is 0 Å². The maximum atomic E-state index is 13.1. The summed E-state index contributed by atoms with van der Waals surface area (Å²) >= 11 is 0. The Balaban J connectivity index is 1.95. The van der Waals surface area contributed by atoms with Crippen molar-refractivity contribution in [3.05, 3.63) is 51.9 Å². The van der Waals surface area contributed by atoms with Gasteiger partial charge in [0, 0.05) is 16.2 Å². The Morgan fingerprint density at radius 2 is 1.63 bits per heavy atom. The molecule has 3 aromatic carbocycles. The monoisotopic (exact) mass is 482 g/mol. The van der Waals surface area contributed by atoms with E-state index in [1.165, 1.54) is 33.3 Å². The summed E-state index contributed by atoms with van der Waals surface area (Å²) < 4.78 is 22.9. The number of aliphatic hydroxyl groups is 3. The van der Waals surface area contributed by atoms with Crippen LogP contribution in [-0.2, 0) is 4.74 Å². The fourth-order valence-corrected chi connectivity index (χ4v) is 5.06. The zero-order valence-electron chi connectivity index (χ0n) is 19.6. The first-order valence-corrected chi connectivity index (χ1v) is 11.1. The number of hydrogen-bond donors (Lipinski definition) is 4. The zero-order valence-corrected chi connectivity index (χ0v) is 19.6. The van der Waals surface area contributed by atoms with E-state index in [9.17, 15) is 25.2 Å². The second kappa shape index (κ2) is 8.39. The molecule has 5 unspecified atom stereocenters. The molecule has 1 saturated heterocycles. The third-order valence-electron chi connectivity index (χ3n) is 6.66. The molecule has 1 aliphatic heterocycles. The molecular weight excluding hydrogens is 456 g/mol. The molecule has 0 spiro atoms. The molecule has 0 aliphatic carbocycles. The maximum absolute atomic E-state index is 13.1. The van der Waals surface area contributed by atoms with E-state index in [1.54, 1.807) is 18.2 Å². The van der Waals surface area contributed by atoms with Gasteiger partial charge >= 0.3 is 5.63 Å². The van der Waals surface area contributed by atoms with E-state index in [2.05, 4.69) is 0 Å². The van der Waals surface area contributed by atoms with E-state index >= 15 is 0 Å². The van der Waals surface area contributed by atoms with Gasteiger partial charge in [-0.2, -0.15) is 0 Å². The minimum absolute atomic E-state index is 0.136. The van der Waals surface area contributed by atoms with Gasteiger partial charge in [-0.15, -0.1) is 0 Å². The van der Waals surface area contributed by atoms with Crippen molar-refractivity contribution in [2.75, 3.05) is 14.2 Å². The Morgan fingerprint density at radius 1 is 0.943 bits per heavy atom. The summed E-state index contributed by atoms with van der Waals surface area (Å²) in [5.74, 6) is 0.619. The van der Waals surface area contributed by atoms with Crippen LogP contribution in [0.4, 0.5) is 0 Å². The van der Waals surface area contributed by atoms with Gasteiger partial charge < -0.3 is 39.1 Å². The largest absolute Gasteiger partial charge is 0.507 e. The van der Waals surface area contributed by atoms with Gasteiger partial charge in [0.1, 0.15) is 47.2 Å². The van der Waals surface area contributed by atoms with E-state index in [-0.39, 0.29) is 22.1 Å². The number of aliphatic hydroxyl groups excluding tert-OH is 3. The highest BCUT2D eigenvalue weighted by Gasteiger charge is 2.46. The van der Waals surface area contributed by atoms with E-state index in [0.29, 0.717) is 33.2 Å². The second-order valence-corrected chi connectivity index (χ2v) is 8.90. The molecule has 9 nitrogen and oxygen atoms in total. The highest BCUT2D eigenvalue weighted by Crippen LogP contribution is 2.47. The molecule has 0 saturated carbocycles. The predicted molar refractivity (Wildman–Crippen MR) is 128 cm³/mol. The lowest BCUT2D eigenvalue weighted by atomic mass is 9.92. The van der Waals surface area contributed by atoms with Gasteiger partial charge in [0.05, 0.1) is 31.1 Å². The first-order chi connectivity index (χ1) is 16.7. The Hall–Kier alpha value is -3.37. The van der Waals surface area contributed by atoms with Gasteiger partial charge in [-0.05, 0) is 49.2 Å². The number of fused-ring (bicyclic) bond motifs is 5. The van der Waals surface area contributed by atoms with Crippen LogP contribution < -0.4 is 15.1 Å². The normalized spacial score (nSPS) is 23.3. The Morgan fingerprint density at radius 3 is 2.26 bits per heavy atom. The van der Waals surface area contributed by atoms with Gasteiger partial charge in [0.15, 0.2) is 0 Å². The summed E-state index contributed by atoms with van der Waals surface area (Å²) in [7, 11) is 2.95. The highest BCUT2D eigenvalue weighted by atomic mass is 16.6. The van der Waals surface area contributed by atoms with Crippen LogP contribution >= 0.6 is 0 Å². The summed E-state index contributed by atoms with van der Waals surface area (Å²) in [5, 5.41) is 43.9. The van der Waals surface area contributed by atoms with Crippen LogP contribution in [0.3, 0.4) is 0 Å². The van der Waals surface area contributed by atoms with Gasteiger partial charge in [-0.3, -0.25) is 0 Å². The molecule has 2 heterocycles. The van der Waals surface area contributed by atoms with Crippen LogP contribution in [0.25, 0.3) is 32.5 Å². The van der Waals surface area contributed by atoms with Crippen molar-refractivity contribution < 1.29 is 39.1 Å². The number of aryl methyl sites for hydroxylation is 1. The topological polar surface area (TPSA) is 139 Å². The van der Waals surface area contributed by atoms with Crippen LogP contribution in [0.5, 0.6) is 17.2 Å². The molecule has 1 fully saturated rings. The average Bonchev–Trinajstić information content (AvgIpc) is 3.13. The number of ether oxygens (including phenoxy) is 3. The van der Waals surface area contributed by atoms with E-state index in [0.717, 1.165) is 5.56 Å². The Labute approximate surface area is 199 Å². The molecule has 4 aromatic rings. The molecule has 4 N–H and O–H groups in total. The number of hydrogen-bond acceptors (Lipinski definition) is 9. The number of phenols is 1. The molecular formula is C26H26O9. The van der Waals surface area contributed by atoms with Crippen molar-refractivity contribution in [1.82, 2.24) is 0 Å². The first kappa shape index (κ1) is 23.4. The molecule has 0 amide bonds. The molecule has 35 heavy (non-hydrogen) atoms. The van der Waals surface area contributed by atoms with Gasteiger partial charge in [0.25, 0.3) is 0 Å². The molecule has 9 heteroatoms. The van der Waals surface area contributed by atoms with E-state index < -0.39 is 36.1 Å². The van der Waals surface area contributed by atoms with Crippen molar-refractivity contribution in [2.45, 2.75) is 44.4 Å². The average molecular weight is 482 g/mol. The van der Waals surface area contributed by atoms with Gasteiger partial charge in [-0.25, -0.2) is 4.79 Å². The fourth-order valence-electron chi connectivity index (χ4n) is 5.06. The minimum atomic E-state index is -1.38. The third kappa shape index (κ3) is 3.42. The maximum Gasteiger partial charge on any atom is 0.344 e. The Bertz CT molecular complexity index is 1520. The SMILES string of the molecule is COc1cc2c(oc(=O)c3cc(C)cc(OC)c32)c2c(C3OC(C(C)O)C(O)C3O)ccc(O)c12. The molecule has 184 valence electrons. The van der Waals surface area contributed by atoms with Crippen LogP contribution in [0, 0.1) is 6.92 Å². The quantitative estimate of drug-likeness (QED) is 0.255. The lowest BCUT2D eigenvalue weighted by Crippen LogP contribution is -2.36. The second-order valence-electron chi connectivity index (χ2n) is 8.90. The van der Waals surface area contributed by atoms with E-state index in [1.807, 2.05) is 6.92 Å². The number of methoxy groups -OCH3 is 2. The summed E-state index contributed by atoms with van der Waals surface area (Å²) in [6.45, 7) is 3.29. The van der Waals surface area contributed by atoms with Crippen LogP contribution in [-0.4, -0.2) is 59.1 Å². The molecule has 0 bridgehead atoms. The van der Waals surface area contributed by atoms with E-state index in [4.69, 9.17) is 18.6 Å². The molecule has 1 aliphatic rings. The van der Waals surface area contributed by atoms with Crippen molar-refractivity contribution in [3.63, 3.8) is 0 Å². The summed E-state index contributed by atoms with van der Waals surface area (Å²) in [4.78, 5) is 13.1. The smallest absolute Gasteiger partial charge is 0.344 e. The number of phenolic OH excluding ortho intramolecular Hbond substituents is 1. The first-order valence-electron chi connectivity index (χ1n) is 11.1. The molecule has 5 atom stereocenters.